The number of anilines is 1. The third-order valence-electron chi connectivity index (χ3n) is 6.33. The number of hydrogen-bond acceptors (Lipinski definition) is 5. The summed E-state index contributed by atoms with van der Waals surface area (Å²) in [6.45, 7) is 14.0. The SMILES string of the molecule is C=CCC(CC)C(C)NCCNC(=O)c1nn(-c2ccc(Cl)cc2Cl)c(N2CCOCC2)c1C. The minimum atomic E-state index is -0.205. The Bertz CT molecular complexity index is 988. The number of ether oxygens (including phenoxy) is 1. The number of nitrogens with one attached hydrogen (secondary N) is 2. The molecule has 1 fully saturated rings. The fraction of sp³-hybridized carbons (Fsp3) is 0.520. The summed E-state index contributed by atoms with van der Waals surface area (Å²) in [4.78, 5) is 15.3. The lowest BCUT2D eigenvalue weighted by atomic mass is 9.95. The highest BCUT2D eigenvalue weighted by Gasteiger charge is 2.26. The third kappa shape index (κ3) is 6.33. The van der Waals surface area contributed by atoms with Gasteiger partial charge in [0.05, 0.1) is 23.9 Å². The lowest BCUT2D eigenvalue weighted by Gasteiger charge is -2.29. The van der Waals surface area contributed by atoms with Crippen molar-refractivity contribution >= 4 is 34.9 Å². The second kappa shape index (κ2) is 12.6. The molecule has 7 nitrogen and oxygen atoms in total. The normalized spacial score (nSPS) is 15.7. The van der Waals surface area contributed by atoms with Gasteiger partial charge in [-0.05, 0) is 44.4 Å². The van der Waals surface area contributed by atoms with Gasteiger partial charge < -0.3 is 20.3 Å². The number of carbonyl (C=O) groups is 1. The van der Waals surface area contributed by atoms with Gasteiger partial charge in [-0.25, -0.2) is 4.68 Å². The summed E-state index contributed by atoms with van der Waals surface area (Å²) in [5.41, 5.74) is 1.88. The first-order chi connectivity index (χ1) is 16.4. The minimum absolute atomic E-state index is 0.205. The number of morpholine rings is 1. The van der Waals surface area contributed by atoms with E-state index in [4.69, 9.17) is 27.9 Å². The first-order valence-electron chi connectivity index (χ1n) is 11.9. The molecule has 1 aliphatic heterocycles. The van der Waals surface area contributed by atoms with Crippen molar-refractivity contribution in [3.63, 3.8) is 0 Å². The number of carbonyl (C=O) groups excluding carboxylic acids is 1. The molecule has 0 bridgehead atoms. The average molecular weight is 508 g/mol. The predicted octanol–water partition coefficient (Wildman–Crippen LogP) is 4.63. The number of benzene rings is 1. The molecule has 2 unspecified atom stereocenters. The highest BCUT2D eigenvalue weighted by atomic mass is 35.5. The number of hydrogen-bond donors (Lipinski definition) is 2. The number of allylic oxidation sites excluding steroid dienone is 1. The first kappa shape index (κ1) is 26.5. The molecular formula is C25H35Cl2N5O2. The molecule has 186 valence electrons. The summed E-state index contributed by atoms with van der Waals surface area (Å²) in [5, 5.41) is 12.2. The monoisotopic (exact) mass is 507 g/mol. The second-order valence-electron chi connectivity index (χ2n) is 8.60. The summed E-state index contributed by atoms with van der Waals surface area (Å²) in [7, 11) is 0. The molecule has 1 saturated heterocycles. The van der Waals surface area contributed by atoms with Crippen LogP contribution in [-0.4, -0.2) is 61.1 Å². The average Bonchev–Trinajstić information content (AvgIpc) is 3.17. The Morgan fingerprint density at radius 1 is 1.29 bits per heavy atom. The Kier molecular flexibility index (Phi) is 9.83. The van der Waals surface area contributed by atoms with Gasteiger partial charge in [-0.1, -0.05) is 42.6 Å². The van der Waals surface area contributed by atoms with Crippen LogP contribution in [0.25, 0.3) is 5.69 Å². The molecule has 0 aliphatic carbocycles. The smallest absolute Gasteiger partial charge is 0.272 e. The third-order valence-corrected chi connectivity index (χ3v) is 6.87. The van der Waals surface area contributed by atoms with Crippen molar-refractivity contribution in [3.8, 4) is 5.69 Å². The van der Waals surface area contributed by atoms with E-state index in [1.54, 1.807) is 16.8 Å². The quantitative estimate of drug-likeness (QED) is 0.342. The summed E-state index contributed by atoms with van der Waals surface area (Å²) in [6, 6.07) is 5.62. The summed E-state index contributed by atoms with van der Waals surface area (Å²) < 4.78 is 7.26. The largest absolute Gasteiger partial charge is 0.378 e. The molecule has 1 aromatic carbocycles. The lowest BCUT2D eigenvalue weighted by molar-refractivity contribution is 0.0947. The Morgan fingerprint density at radius 3 is 2.68 bits per heavy atom. The fourth-order valence-corrected chi connectivity index (χ4v) is 4.82. The van der Waals surface area contributed by atoms with Crippen LogP contribution in [0.15, 0.2) is 30.9 Å². The molecule has 2 N–H and O–H groups in total. The van der Waals surface area contributed by atoms with E-state index in [0.29, 0.717) is 72.8 Å². The van der Waals surface area contributed by atoms with E-state index in [1.165, 1.54) is 0 Å². The molecular weight excluding hydrogens is 473 g/mol. The Labute approximate surface area is 212 Å². The highest BCUT2D eigenvalue weighted by molar-refractivity contribution is 6.35. The van der Waals surface area contributed by atoms with E-state index < -0.39 is 0 Å². The number of amides is 1. The van der Waals surface area contributed by atoms with Crippen LogP contribution in [-0.2, 0) is 4.74 Å². The summed E-state index contributed by atoms with van der Waals surface area (Å²) in [6.07, 6.45) is 4.03. The summed E-state index contributed by atoms with van der Waals surface area (Å²) in [5.74, 6) is 1.18. The van der Waals surface area contributed by atoms with Crippen molar-refractivity contribution in [2.24, 2.45) is 5.92 Å². The van der Waals surface area contributed by atoms with E-state index in [1.807, 2.05) is 19.1 Å². The highest BCUT2D eigenvalue weighted by Crippen LogP contribution is 2.32. The van der Waals surface area contributed by atoms with E-state index in [9.17, 15) is 4.79 Å². The number of halogens is 2. The zero-order valence-corrected chi connectivity index (χ0v) is 21.8. The molecule has 3 rings (SSSR count). The number of nitrogens with zero attached hydrogens (tertiary/aromatic N) is 3. The van der Waals surface area contributed by atoms with Crippen molar-refractivity contribution in [2.45, 2.75) is 39.7 Å². The molecule has 2 aromatic rings. The molecule has 1 aliphatic rings. The van der Waals surface area contributed by atoms with Gasteiger partial charge in [0.2, 0.25) is 0 Å². The van der Waals surface area contributed by atoms with Gasteiger partial charge in [-0.3, -0.25) is 4.79 Å². The Balaban J connectivity index is 1.76. The number of aromatic nitrogens is 2. The van der Waals surface area contributed by atoms with Crippen LogP contribution in [0.1, 0.15) is 42.7 Å². The zero-order chi connectivity index (χ0) is 24.7. The van der Waals surface area contributed by atoms with E-state index in [0.717, 1.165) is 24.2 Å². The van der Waals surface area contributed by atoms with Crippen molar-refractivity contribution in [2.75, 3.05) is 44.3 Å². The van der Waals surface area contributed by atoms with Crippen LogP contribution < -0.4 is 15.5 Å². The van der Waals surface area contributed by atoms with Crippen molar-refractivity contribution in [3.05, 3.63) is 52.2 Å². The van der Waals surface area contributed by atoms with Crippen LogP contribution in [0.4, 0.5) is 5.82 Å². The van der Waals surface area contributed by atoms with Crippen LogP contribution in [0.3, 0.4) is 0 Å². The van der Waals surface area contributed by atoms with Crippen LogP contribution >= 0.6 is 23.2 Å². The molecule has 1 amide bonds. The van der Waals surface area contributed by atoms with E-state index in [-0.39, 0.29) is 5.91 Å². The van der Waals surface area contributed by atoms with Crippen LogP contribution in [0.5, 0.6) is 0 Å². The lowest BCUT2D eigenvalue weighted by Crippen LogP contribution is -2.39. The maximum absolute atomic E-state index is 13.1. The molecule has 0 radical (unpaired) electrons. The minimum Gasteiger partial charge on any atom is -0.378 e. The van der Waals surface area contributed by atoms with E-state index in [2.05, 4.69) is 41.1 Å². The first-order valence-corrected chi connectivity index (χ1v) is 12.6. The van der Waals surface area contributed by atoms with Crippen LogP contribution in [0, 0.1) is 12.8 Å². The van der Waals surface area contributed by atoms with Gasteiger partial charge in [0, 0.05) is 42.8 Å². The zero-order valence-electron chi connectivity index (χ0n) is 20.2. The fourth-order valence-electron chi connectivity index (χ4n) is 4.33. The Morgan fingerprint density at radius 2 is 2.03 bits per heavy atom. The Hall–Kier alpha value is -2.06. The van der Waals surface area contributed by atoms with Crippen molar-refractivity contribution in [1.29, 1.82) is 0 Å². The second-order valence-corrected chi connectivity index (χ2v) is 9.44. The topological polar surface area (TPSA) is 71.4 Å². The molecule has 0 spiro atoms. The van der Waals surface area contributed by atoms with Crippen LogP contribution in [0.2, 0.25) is 10.0 Å². The van der Waals surface area contributed by atoms with Gasteiger partial charge in [-0.15, -0.1) is 6.58 Å². The summed E-state index contributed by atoms with van der Waals surface area (Å²) >= 11 is 12.6. The predicted molar refractivity (Wildman–Crippen MR) is 140 cm³/mol. The van der Waals surface area contributed by atoms with E-state index >= 15 is 0 Å². The molecule has 34 heavy (non-hydrogen) atoms. The molecule has 1 aromatic heterocycles. The molecule has 2 heterocycles. The van der Waals surface area contributed by atoms with Crippen molar-refractivity contribution < 1.29 is 9.53 Å². The van der Waals surface area contributed by atoms with Gasteiger partial charge in [0.25, 0.3) is 5.91 Å². The van der Waals surface area contributed by atoms with Gasteiger partial charge in [-0.2, -0.15) is 5.10 Å². The standard InChI is InChI=1S/C25H35Cl2N5O2/c1-5-7-19(6-2)18(4)28-10-11-29-24(33)23-17(3)25(31-12-14-34-15-13-31)32(30-23)22-9-8-20(26)16-21(22)27/h5,8-9,16,18-19,28H,1,6-7,10-15H2,2-4H3,(H,29,33). The maximum Gasteiger partial charge on any atom is 0.272 e. The number of rotatable bonds is 11. The van der Waals surface area contributed by atoms with Gasteiger partial charge in [0.15, 0.2) is 5.69 Å². The molecule has 0 saturated carbocycles. The van der Waals surface area contributed by atoms with Gasteiger partial charge in [0.1, 0.15) is 5.82 Å². The molecule has 2 atom stereocenters. The maximum atomic E-state index is 13.1. The molecule has 9 heteroatoms. The van der Waals surface area contributed by atoms with Crippen molar-refractivity contribution in [1.82, 2.24) is 20.4 Å². The van der Waals surface area contributed by atoms with Gasteiger partial charge >= 0.3 is 0 Å².